The lowest BCUT2D eigenvalue weighted by Gasteiger charge is -1.95. The van der Waals surface area contributed by atoms with Crippen molar-refractivity contribution < 1.29 is 0 Å². The Hall–Kier alpha value is -1.04. The molecule has 1 rings (SSSR count). The van der Waals surface area contributed by atoms with Gasteiger partial charge < -0.3 is 0 Å². The zero-order valence-corrected chi connectivity index (χ0v) is 7.53. The first-order valence-corrected chi connectivity index (χ1v) is 4.46. The molecule has 0 fully saturated rings. The summed E-state index contributed by atoms with van der Waals surface area (Å²) in [5, 5.41) is 0. The van der Waals surface area contributed by atoms with Gasteiger partial charge >= 0.3 is 0 Å². The maximum absolute atomic E-state index is 2.23. The molecule has 0 bridgehead atoms. The van der Waals surface area contributed by atoms with Crippen LogP contribution in [-0.4, -0.2) is 0 Å². The molecule has 0 unspecified atom stereocenters. The Morgan fingerprint density at radius 2 is 1.83 bits per heavy atom. The highest BCUT2D eigenvalue weighted by molar-refractivity contribution is 5.23. The van der Waals surface area contributed by atoms with Crippen molar-refractivity contribution in [2.45, 2.75) is 19.8 Å². The molecule has 0 heterocycles. The van der Waals surface area contributed by atoms with Gasteiger partial charge in [-0.05, 0) is 24.8 Å². The normalized spacial score (nSPS) is 10.8. The van der Waals surface area contributed by atoms with Gasteiger partial charge in [0.15, 0.2) is 0 Å². The van der Waals surface area contributed by atoms with Crippen LogP contribution in [0.3, 0.4) is 0 Å². The number of benzene rings is 1. The standard InChI is InChI=1S/C12H15/c1-2-3-4-6-9-12-10-7-5-8-11-12/h3-5,7-11H,2,6H2,1H3/b4-3+. The molecule has 1 aromatic rings. The van der Waals surface area contributed by atoms with Crippen molar-refractivity contribution >= 4 is 0 Å². The van der Waals surface area contributed by atoms with E-state index in [1.165, 1.54) is 5.56 Å². The van der Waals surface area contributed by atoms with Gasteiger partial charge in [-0.3, -0.25) is 0 Å². The van der Waals surface area contributed by atoms with Gasteiger partial charge in [0.25, 0.3) is 0 Å². The summed E-state index contributed by atoms with van der Waals surface area (Å²) in [5.74, 6) is 0. The Morgan fingerprint density at radius 1 is 1.08 bits per heavy atom. The monoisotopic (exact) mass is 159 g/mol. The van der Waals surface area contributed by atoms with E-state index in [2.05, 4.69) is 49.8 Å². The van der Waals surface area contributed by atoms with Gasteiger partial charge in [0.2, 0.25) is 0 Å². The fourth-order valence-corrected chi connectivity index (χ4v) is 1.06. The summed E-state index contributed by atoms with van der Waals surface area (Å²) < 4.78 is 0. The van der Waals surface area contributed by atoms with Gasteiger partial charge in [0.1, 0.15) is 0 Å². The minimum atomic E-state index is 1.04. The lowest BCUT2D eigenvalue weighted by atomic mass is 10.1. The molecule has 0 atom stereocenters. The third-order valence-electron chi connectivity index (χ3n) is 1.69. The summed E-state index contributed by atoms with van der Waals surface area (Å²) in [7, 11) is 0. The van der Waals surface area contributed by atoms with Gasteiger partial charge in [-0.15, -0.1) is 0 Å². The molecule has 0 nitrogen and oxygen atoms in total. The van der Waals surface area contributed by atoms with Crippen molar-refractivity contribution in [1.82, 2.24) is 0 Å². The van der Waals surface area contributed by atoms with Crippen LogP contribution in [0.4, 0.5) is 0 Å². The van der Waals surface area contributed by atoms with Crippen LogP contribution in [0.2, 0.25) is 0 Å². The molecule has 0 spiro atoms. The predicted octanol–water partition coefficient (Wildman–Crippen LogP) is 3.60. The first-order valence-electron chi connectivity index (χ1n) is 4.46. The fourth-order valence-electron chi connectivity index (χ4n) is 1.06. The maximum atomic E-state index is 2.23. The van der Waals surface area contributed by atoms with Crippen LogP contribution in [0.15, 0.2) is 42.5 Å². The number of allylic oxidation sites excluding steroid dienone is 2. The molecule has 1 radical (unpaired) electrons. The van der Waals surface area contributed by atoms with E-state index in [0.29, 0.717) is 0 Å². The van der Waals surface area contributed by atoms with Crippen LogP contribution in [-0.2, 0) is 0 Å². The van der Waals surface area contributed by atoms with Crippen molar-refractivity contribution in [3.8, 4) is 0 Å². The lowest BCUT2D eigenvalue weighted by molar-refractivity contribution is 1.17. The van der Waals surface area contributed by atoms with Gasteiger partial charge in [0.05, 0.1) is 0 Å². The maximum Gasteiger partial charge on any atom is -0.00556 e. The van der Waals surface area contributed by atoms with E-state index < -0.39 is 0 Å². The zero-order valence-electron chi connectivity index (χ0n) is 7.53. The van der Waals surface area contributed by atoms with Crippen molar-refractivity contribution in [2.24, 2.45) is 0 Å². The molecule has 0 heteroatoms. The highest BCUT2D eigenvalue weighted by Gasteiger charge is 1.87. The van der Waals surface area contributed by atoms with Crippen molar-refractivity contribution in [1.29, 1.82) is 0 Å². The smallest absolute Gasteiger partial charge is 0.00556 e. The topological polar surface area (TPSA) is 0 Å². The predicted molar refractivity (Wildman–Crippen MR) is 53.9 cm³/mol. The minimum Gasteiger partial charge on any atom is -0.0888 e. The molecule has 0 N–H and O–H groups in total. The fraction of sp³-hybridized carbons (Fsp3) is 0.250. The molecule has 12 heavy (non-hydrogen) atoms. The number of rotatable bonds is 4. The summed E-state index contributed by atoms with van der Waals surface area (Å²) in [6.07, 6.45) is 8.79. The second-order valence-electron chi connectivity index (χ2n) is 2.73. The molecule has 0 saturated heterocycles. The molecule has 0 aliphatic rings. The van der Waals surface area contributed by atoms with E-state index >= 15 is 0 Å². The second kappa shape index (κ2) is 5.59. The van der Waals surface area contributed by atoms with Gasteiger partial charge in [-0.2, -0.15) is 0 Å². The summed E-state index contributed by atoms with van der Waals surface area (Å²) in [4.78, 5) is 0. The summed E-state index contributed by atoms with van der Waals surface area (Å²) in [5.41, 5.74) is 1.30. The highest BCUT2D eigenvalue weighted by atomic mass is 13.9. The van der Waals surface area contributed by atoms with Crippen LogP contribution < -0.4 is 0 Å². The van der Waals surface area contributed by atoms with E-state index in [1.54, 1.807) is 0 Å². The molecule has 1 aromatic carbocycles. The molecule has 0 saturated carbocycles. The van der Waals surface area contributed by atoms with Crippen LogP contribution in [0.5, 0.6) is 0 Å². The van der Waals surface area contributed by atoms with Gasteiger partial charge in [-0.25, -0.2) is 0 Å². The highest BCUT2D eigenvalue weighted by Crippen LogP contribution is 2.05. The first kappa shape index (κ1) is 9.05. The molecule has 0 amide bonds. The Labute approximate surface area is 74.9 Å². The SMILES string of the molecule is CC/C=C/C[CH]c1ccccc1. The minimum absolute atomic E-state index is 1.04. The molecule has 0 aliphatic carbocycles. The van der Waals surface area contributed by atoms with Crippen molar-refractivity contribution in [3.05, 3.63) is 54.5 Å². The third kappa shape index (κ3) is 3.38. The summed E-state index contributed by atoms with van der Waals surface area (Å²) in [6, 6.07) is 10.4. The Balaban J connectivity index is 2.29. The van der Waals surface area contributed by atoms with Crippen LogP contribution in [0.25, 0.3) is 0 Å². The summed E-state index contributed by atoms with van der Waals surface area (Å²) in [6.45, 7) is 2.15. The Kier molecular flexibility index (Phi) is 4.22. The van der Waals surface area contributed by atoms with Crippen molar-refractivity contribution in [2.75, 3.05) is 0 Å². The van der Waals surface area contributed by atoms with E-state index in [0.717, 1.165) is 12.8 Å². The zero-order chi connectivity index (χ0) is 8.65. The second-order valence-corrected chi connectivity index (χ2v) is 2.73. The van der Waals surface area contributed by atoms with E-state index in [9.17, 15) is 0 Å². The third-order valence-corrected chi connectivity index (χ3v) is 1.69. The van der Waals surface area contributed by atoms with Crippen LogP contribution in [0.1, 0.15) is 25.3 Å². The Morgan fingerprint density at radius 3 is 2.50 bits per heavy atom. The largest absolute Gasteiger partial charge is 0.0888 e. The average molecular weight is 159 g/mol. The van der Waals surface area contributed by atoms with Crippen LogP contribution >= 0.6 is 0 Å². The van der Waals surface area contributed by atoms with Gasteiger partial charge in [-0.1, -0.05) is 49.4 Å². The quantitative estimate of drug-likeness (QED) is 0.589. The molecular weight excluding hydrogens is 144 g/mol. The molecule has 0 aromatic heterocycles. The number of hydrogen-bond acceptors (Lipinski definition) is 0. The van der Waals surface area contributed by atoms with E-state index in [4.69, 9.17) is 0 Å². The lowest BCUT2D eigenvalue weighted by Crippen LogP contribution is -1.77. The molecule has 0 aliphatic heterocycles. The van der Waals surface area contributed by atoms with Gasteiger partial charge in [0, 0.05) is 0 Å². The average Bonchev–Trinajstić information content (AvgIpc) is 2.14. The number of hydrogen-bond donors (Lipinski definition) is 0. The molecular formula is C12H15. The molecule has 63 valence electrons. The van der Waals surface area contributed by atoms with E-state index in [-0.39, 0.29) is 0 Å². The first-order chi connectivity index (χ1) is 5.93. The summed E-state index contributed by atoms with van der Waals surface area (Å²) >= 11 is 0. The van der Waals surface area contributed by atoms with Crippen molar-refractivity contribution in [3.63, 3.8) is 0 Å². The van der Waals surface area contributed by atoms with Crippen LogP contribution in [0, 0.1) is 6.42 Å². The van der Waals surface area contributed by atoms with E-state index in [1.807, 2.05) is 6.07 Å². The Bertz CT molecular complexity index is 221.